The first-order valence-electron chi connectivity index (χ1n) is 5.87. The molecule has 1 aliphatic heterocycles. The molecule has 0 saturated carbocycles. The van der Waals surface area contributed by atoms with Crippen molar-refractivity contribution in [2.75, 3.05) is 32.3 Å². The normalized spacial score (nSPS) is 27.8. The van der Waals surface area contributed by atoms with Crippen LogP contribution in [0, 0.1) is 11.8 Å². The van der Waals surface area contributed by atoms with Crippen LogP contribution in [-0.4, -0.2) is 46.7 Å². The van der Waals surface area contributed by atoms with Crippen LogP contribution in [0.2, 0.25) is 0 Å². The second kappa shape index (κ2) is 5.98. The average Bonchev–Trinajstić information content (AvgIpc) is 2.57. The summed E-state index contributed by atoms with van der Waals surface area (Å²) in [6.07, 6.45) is 1.77. The molecular weight excluding hydrogens is 226 g/mol. The fourth-order valence-electron chi connectivity index (χ4n) is 2.58. The Kier molecular flexibility index (Phi) is 5.21. The molecule has 1 heterocycles. The average molecular weight is 249 g/mol. The maximum absolute atomic E-state index is 11.4. The van der Waals surface area contributed by atoms with E-state index in [9.17, 15) is 8.42 Å². The third-order valence-corrected chi connectivity index (χ3v) is 5.29. The monoisotopic (exact) mass is 249 g/mol. The van der Waals surface area contributed by atoms with Crippen molar-refractivity contribution in [3.05, 3.63) is 0 Å². The molecule has 16 heavy (non-hydrogen) atoms. The van der Waals surface area contributed by atoms with Gasteiger partial charge in [-0.15, -0.1) is 0 Å². The van der Waals surface area contributed by atoms with Crippen molar-refractivity contribution in [1.29, 1.82) is 0 Å². The van der Waals surface area contributed by atoms with Crippen LogP contribution in [0.5, 0.6) is 0 Å². The Morgan fingerprint density at radius 1 is 1.50 bits per heavy atom. The standard InChI is InChI=1S/C11H23NO3S/c1-9(4-6-15-3)11(12-2)10-5-7-16(13,14)8-10/h9-12H,4-8H2,1-3H3. The second-order valence-electron chi connectivity index (χ2n) is 4.74. The quantitative estimate of drug-likeness (QED) is 0.752. The van der Waals surface area contributed by atoms with Crippen LogP contribution in [0.4, 0.5) is 0 Å². The molecule has 1 N–H and O–H groups in total. The first-order valence-corrected chi connectivity index (χ1v) is 7.69. The number of hydrogen-bond donors (Lipinski definition) is 1. The molecular formula is C11H23NO3S. The first-order chi connectivity index (χ1) is 7.50. The topological polar surface area (TPSA) is 55.4 Å². The first kappa shape index (κ1) is 13.9. The van der Waals surface area contributed by atoms with Crippen LogP contribution in [0.3, 0.4) is 0 Å². The summed E-state index contributed by atoms with van der Waals surface area (Å²) in [6, 6.07) is 0.285. The largest absolute Gasteiger partial charge is 0.385 e. The van der Waals surface area contributed by atoms with Gasteiger partial charge in [-0.2, -0.15) is 0 Å². The van der Waals surface area contributed by atoms with Crippen LogP contribution in [-0.2, 0) is 14.6 Å². The van der Waals surface area contributed by atoms with Gasteiger partial charge in [-0.3, -0.25) is 0 Å². The van der Waals surface area contributed by atoms with Crippen LogP contribution in [0.25, 0.3) is 0 Å². The highest BCUT2D eigenvalue weighted by atomic mass is 32.2. The Morgan fingerprint density at radius 2 is 2.19 bits per heavy atom. The van der Waals surface area contributed by atoms with Gasteiger partial charge in [0.25, 0.3) is 0 Å². The highest BCUT2D eigenvalue weighted by Gasteiger charge is 2.35. The van der Waals surface area contributed by atoms with Crippen molar-refractivity contribution in [1.82, 2.24) is 5.32 Å². The van der Waals surface area contributed by atoms with Crippen molar-refractivity contribution in [3.63, 3.8) is 0 Å². The molecule has 96 valence electrons. The van der Waals surface area contributed by atoms with Gasteiger partial charge >= 0.3 is 0 Å². The van der Waals surface area contributed by atoms with Crippen molar-refractivity contribution in [2.24, 2.45) is 11.8 Å². The molecule has 1 saturated heterocycles. The number of nitrogens with one attached hydrogen (secondary N) is 1. The van der Waals surface area contributed by atoms with E-state index in [1.54, 1.807) is 7.11 Å². The summed E-state index contributed by atoms with van der Waals surface area (Å²) < 4.78 is 28.0. The molecule has 0 aromatic rings. The number of hydrogen-bond acceptors (Lipinski definition) is 4. The van der Waals surface area contributed by atoms with Crippen molar-refractivity contribution < 1.29 is 13.2 Å². The highest BCUT2D eigenvalue weighted by Crippen LogP contribution is 2.26. The van der Waals surface area contributed by atoms with Gasteiger partial charge in [0.15, 0.2) is 9.84 Å². The smallest absolute Gasteiger partial charge is 0.150 e. The fraction of sp³-hybridized carbons (Fsp3) is 1.00. The lowest BCUT2D eigenvalue weighted by atomic mass is 9.87. The van der Waals surface area contributed by atoms with Gasteiger partial charge in [-0.1, -0.05) is 6.92 Å². The zero-order valence-electron chi connectivity index (χ0n) is 10.4. The molecule has 1 rings (SSSR count). The molecule has 0 aliphatic carbocycles. The van der Waals surface area contributed by atoms with Crippen molar-refractivity contribution >= 4 is 9.84 Å². The summed E-state index contributed by atoms with van der Waals surface area (Å²) >= 11 is 0. The minimum atomic E-state index is -2.78. The van der Waals surface area contributed by atoms with Crippen LogP contribution >= 0.6 is 0 Å². The van der Waals surface area contributed by atoms with Gasteiger partial charge in [-0.25, -0.2) is 8.42 Å². The highest BCUT2D eigenvalue weighted by molar-refractivity contribution is 7.91. The SMILES string of the molecule is CNC(C(C)CCOC)C1CCS(=O)(=O)C1. The van der Waals surface area contributed by atoms with Crippen LogP contribution < -0.4 is 5.32 Å². The predicted octanol–water partition coefficient (Wildman–Crippen LogP) is 0.682. The molecule has 0 aromatic carbocycles. The third kappa shape index (κ3) is 3.71. The van der Waals surface area contributed by atoms with E-state index in [-0.39, 0.29) is 12.0 Å². The molecule has 3 unspecified atom stereocenters. The molecule has 4 nitrogen and oxygen atoms in total. The molecule has 0 aromatic heterocycles. The van der Waals surface area contributed by atoms with Crippen LogP contribution in [0.15, 0.2) is 0 Å². The lowest BCUT2D eigenvalue weighted by Crippen LogP contribution is -2.40. The molecule has 0 radical (unpaired) electrons. The van der Waals surface area contributed by atoms with Crippen molar-refractivity contribution in [2.45, 2.75) is 25.8 Å². The zero-order valence-corrected chi connectivity index (χ0v) is 11.2. The van der Waals surface area contributed by atoms with Crippen LogP contribution in [0.1, 0.15) is 19.8 Å². The molecule has 5 heteroatoms. The summed E-state index contributed by atoms with van der Waals surface area (Å²) in [4.78, 5) is 0. The molecule has 1 aliphatic rings. The lowest BCUT2D eigenvalue weighted by molar-refractivity contribution is 0.162. The Hall–Kier alpha value is -0.130. The Labute approximate surface area is 98.7 Å². The van der Waals surface area contributed by atoms with E-state index in [4.69, 9.17) is 4.74 Å². The molecule has 0 spiro atoms. The number of methoxy groups -OCH3 is 1. The molecule has 0 bridgehead atoms. The molecule has 3 atom stereocenters. The van der Waals surface area contributed by atoms with E-state index < -0.39 is 9.84 Å². The number of ether oxygens (including phenoxy) is 1. The number of sulfone groups is 1. The Balaban J connectivity index is 2.54. The maximum Gasteiger partial charge on any atom is 0.150 e. The Morgan fingerprint density at radius 3 is 2.62 bits per heavy atom. The van der Waals surface area contributed by atoms with E-state index >= 15 is 0 Å². The lowest BCUT2D eigenvalue weighted by Gasteiger charge is -2.28. The van der Waals surface area contributed by atoms with Gasteiger partial charge in [0.1, 0.15) is 0 Å². The van der Waals surface area contributed by atoms with Gasteiger partial charge in [0.05, 0.1) is 11.5 Å². The third-order valence-electron chi connectivity index (χ3n) is 3.50. The van der Waals surface area contributed by atoms with Gasteiger partial charge in [0, 0.05) is 19.8 Å². The predicted molar refractivity (Wildman–Crippen MR) is 65.3 cm³/mol. The molecule has 0 amide bonds. The Bertz CT molecular complexity index is 302. The summed E-state index contributed by atoms with van der Waals surface area (Å²) in [6.45, 7) is 2.89. The fourth-order valence-corrected chi connectivity index (χ4v) is 4.43. The van der Waals surface area contributed by atoms with E-state index in [2.05, 4.69) is 12.2 Å². The summed E-state index contributed by atoms with van der Waals surface area (Å²) in [5.41, 5.74) is 0. The number of rotatable bonds is 6. The maximum atomic E-state index is 11.4. The van der Waals surface area contributed by atoms with Gasteiger partial charge in [-0.05, 0) is 31.7 Å². The summed E-state index contributed by atoms with van der Waals surface area (Å²) in [5.74, 6) is 1.41. The minimum absolute atomic E-state index is 0.266. The van der Waals surface area contributed by atoms with E-state index in [1.807, 2.05) is 7.05 Å². The van der Waals surface area contributed by atoms with Gasteiger partial charge in [0.2, 0.25) is 0 Å². The second-order valence-corrected chi connectivity index (χ2v) is 6.97. The summed E-state index contributed by atoms with van der Waals surface area (Å²) in [5, 5.41) is 3.27. The van der Waals surface area contributed by atoms with Crippen molar-refractivity contribution in [3.8, 4) is 0 Å². The summed E-state index contributed by atoms with van der Waals surface area (Å²) in [7, 11) is 0.835. The van der Waals surface area contributed by atoms with E-state index in [0.717, 1.165) is 19.4 Å². The van der Waals surface area contributed by atoms with Gasteiger partial charge < -0.3 is 10.1 Å². The zero-order chi connectivity index (χ0) is 12.2. The van der Waals surface area contributed by atoms with E-state index in [0.29, 0.717) is 17.4 Å². The van der Waals surface area contributed by atoms with E-state index in [1.165, 1.54) is 0 Å². The molecule has 1 fully saturated rings. The minimum Gasteiger partial charge on any atom is -0.385 e.